The van der Waals surface area contributed by atoms with Crippen LogP contribution in [0.25, 0.3) is 0 Å². The fraction of sp³-hybridized carbons (Fsp3) is 0.194. The smallest absolute Gasteiger partial charge is 0.347 e. The summed E-state index contributed by atoms with van der Waals surface area (Å²) in [6.45, 7) is 3.31. The topological polar surface area (TPSA) is 91.1 Å². The van der Waals surface area contributed by atoms with E-state index in [9.17, 15) is 14.9 Å². The molecule has 1 heterocycles. The quantitative estimate of drug-likeness (QED) is 0.131. The van der Waals surface area contributed by atoms with Crippen LogP contribution in [0.3, 0.4) is 0 Å². The average molecular weight is 525 g/mol. The Morgan fingerprint density at radius 1 is 0.872 bits per heavy atom. The van der Waals surface area contributed by atoms with Crippen LogP contribution in [-0.2, 0) is 22.6 Å². The van der Waals surface area contributed by atoms with Crippen molar-refractivity contribution >= 4 is 17.3 Å². The van der Waals surface area contributed by atoms with Gasteiger partial charge < -0.3 is 19.1 Å². The van der Waals surface area contributed by atoms with E-state index in [-0.39, 0.29) is 16.6 Å². The lowest BCUT2D eigenvalue weighted by Gasteiger charge is -2.27. The van der Waals surface area contributed by atoms with Crippen LogP contribution in [0.5, 0.6) is 17.2 Å². The normalized spacial score (nSPS) is 14.5. The molecule has 1 fully saturated rings. The van der Waals surface area contributed by atoms with Crippen molar-refractivity contribution in [3.63, 3.8) is 0 Å². The lowest BCUT2D eigenvalue weighted by molar-refractivity contribution is -0.385. The standard InChI is InChI=1S/C31H28N2O6/c1-22-28(11-6-12-29(22)33(35)36)32(20-23-7-3-2-4-8-23)21-24-13-15-25(16-14-24)38-26-9-5-10-27(19-26)39-30-17-18-37-31(30)34/h2-16,19,30H,17-18,20-21H2,1H3. The molecule has 0 aliphatic carbocycles. The first-order chi connectivity index (χ1) is 19.0. The zero-order valence-electron chi connectivity index (χ0n) is 21.5. The Morgan fingerprint density at radius 2 is 1.56 bits per heavy atom. The second kappa shape index (κ2) is 11.7. The Hall–Kier alpha value is -4.85. The summed E-state index contributed by atoms with van der Waals surface area (Å²) in [5.41, 5.74) is 3.69. The summed E-state index contributed by atoms with van der Waals surface area (Å²) in [7, 11) is 0. The van der Waals surface area contributed by atoms with Gasteiger partial charge in [0.1, 0.15) is 17.2 Å². The van der Waals surface area contributed by atoms with E-state index in [1.807, 2.05) is 72.8 Å². The summed E-state index contributed by atoms with van der Waals surface area (Å²) in [4.78, 5) is 25.1. The maximum Gasteiger partial charge on any atom is 0.347 e. The first kappa shape index (κ1) is 25.8. The lowest BCUT2D eigenvalue weighted by atomic mass is 10.1. The summed E-state index contributed by atoms with van der Waals surface area (Å²) in [6.07, 6.45) is -0.0595. The minimum absolute atomic E-state index is 0.102. The van der Waals surface area contributed by atoms with E-state index in [4.69, 9.17) is 14.2 Å². The van der Waals surface area contributed by atoms with Crippen molar-refractivity contribution in [2.75, 3.05) is 11.5 Å². The number of ether oxygens (including phenoxy) is 3. The molecule has 1 aliphatic rings. The van der Waals surface area contributed by atoms with Crippen LogP contribution in [0.1, 0.15) is 23.1 Å². The van der Waals surface area contributed by atoms with Gasteiger partial charge in [0.15, 0.2) is 6.10 Å². The molecular weight excluding hydrogens is 496 g/mol. The molecule has 1 unspecified atom stereocenters. The molecule has 0 amide bonds. The van der Waals surface area contributed by atoms with Crippen molar-refractivity contribution in [3.8, 4) is 17.2 Å². The number of hydrogen-bond donors (Lipinski definition) is 0. The molecular formula is C31H28N2O6. The van der Waals surface area contributed by atoms with Gasteiger partial charge in [-0.05, 0) is 48.4 Å². The molecule has 1 atom stereocenters. The Morgan fingerprint density at radius 3 is 2.26 bits per heavy atom. The molecule has 0 aromatic heterocycles. The highest BCUT2D eigenvalue weighted by Crippen LogP contribution is 2.31. The van der Waals surface area contributed by atoms with Gasteiger partial charge in [-0.1, -0.05) is 54.6 Å². The highest BCUT2D eigenvalue weighted by Gasteiger charge is 2.28. The summed E-state index contributed by atoms with van der Waals surface area (Å²) in [5, 5.41) is 11.6. The van der Waals surface area contributed by atoms with Crippen molar-refractivity contribution < 1.29 is 23.9 Å². The van der Waals surface area contributed by atoms with Gasteiger partial charge in [0, 0.05) is 37.3 Å². The van der Waals surface area contributed by atoms with Crippen LogP contribution in [-0.4, -0.2) is 23.6 Å². The van der Waals surface area contributed by atoms with E-state index < -0.39 is 6.10 Å². The van der Waals surface area contributed by atoms with Gasteiger partial charge in [-0.3, -0.25) is 10.1 Å². The molecule has 1 saturated heterocycles. The van der Waals surface area contributed by atoms with Crippen LogP contribution >= 0.6 is 0 Å². The van der Waals surface area contributed by atoms with Crippen LogP contribution in [0.2, 0.25) is 0 Å². The number of nitrogens with zero attached hydrogens (tertiary/aromatic N) is 2. The van der Waals surface area contributed by atoms with Crippen LogP contribution in [0.4, 0.5) is 11.4 Å². The summed E-state index contributed by atoms with van der Waals surface area (Å²) < 4.78 is 16.7. The third-order valence-electron chi connectivity index (χ3n) is 6.53. The maximum absolute atomic E-state index is 11.7. The highest BCUT2D eigenvalue weighted by molar-refractivity contribution is 5.76. The number of benzene rings is 4. The molecule has 0 radical (unpaired) electrons. The second-order valence-electron chi connectivity index (χ2n) is 9.30. The molecule has 39 heavy (non-hydrogen) atoms. The number of hydrogen-bond acceptors (Lipinski definition) is 7. The third kappa shape index (κ3) is 6.35. The first-order valence-electron chi connectivity index (χ1n) is 12.7. The van der Waals surface area contributed by atoms with Crippen molar-refractivity contribution in [3.05, 3.63) is 124 Å². The van der Waals surface area contributed by atoms with Gasteiger partial charge in [0.25, 0.3) is 5.69 Å². The van der Waals surface area contributed by atoms with Crippen LogP contribution in [0.15, 0.2) is 97.1 Å². The SMILES string of the molecule is Cc1c(N(Cc2ccccc2)Cc2ccc(Oc3cccc(OC4CCOC4=O)c3)cc2)cccc1[N+](=O)[O-]. The fourth-order valence-corrected chi connectivity index (χ4v) is 4.56. The zero-order valence-corrected chi connectivity index (χ0v) is 21.5. The van der Waals surface area contributed by atoms with Crippen molar-refractivity contribution in [1.82, 2.24) is 0 Å². The van der Waals surface area contributed by atoms with Gasteiger partial charge >= 0.3 is 5.97 Å². The summed E-state index contributed by atoms with van der Waals surface area (Å²) in [6, 6.07) is 30.1. The van der Waals surface area contributed by atoms with E-state index in [0.29, 0.717) is 48.9 Å². The van der Waals surface area contributed by atoms with Crippen molar-refractivity contribution in [2.24, 2.45) is 0 Å². The van der Waals surface area contributed by atoms with Crippen LogP contribution in [0, 0.1) is 17.0 Å². The molecule has 8 nitrogen and oxygen atoms in total. The van der Waals surface area contributed by atoms with Gasteiger partial charge in [0.05, 0.1) is 17.1 Å². The molecule has 5 rings (SSSR count). The second-order valence-corrected chi connectivity index (χ2v) is 9.30. The number of nitro groups is 1. The van der Waals surface area contributed by atoms with Crippen molar-refractivity contribution in [1.29, 1.82) is 0 Å². The third-order valence-corrected chi connectivity index (χ3v) is 6.53. The monoisotopic (exact) mass is 524 g/mol. The van der Waals surface area contributed by atoms with Gasteiger partial charge in [-0.2, -0.15) is 0 Å². The predicted octanol–water partition coefficient (Wildman–Crippen LogP) is 6.60. The molecule has 0 saturated carbocycles. The fourth-order valence-electron chi connectivity index (χ4n) is 4.56. The zero-order chi connectivity index (χ0) is 27.2. The summed E-state index contributed by atoms with van der Waals surface area (Å²) >= 11 is 0. The highest BCUT2D eigenvalue weighted by atomic mass is 16.6. The minimum Gasteiger partial charge on any atom is -0.478 e. The molecule has 0 bridgehead atoms. The number of carbonyl (C=O) groups excluding carboxylic acids is 1. The van der Waals surface area contributed by atoms with E-state index >= 15 is 0 Å². The molecule has 0 spiro atoms. The van der Waals surface area contributed by atoms with E-state index in [1.165, 1.54) is 6.07 Å². The molecule has 8 heteroatoms. The summed E-state index contributed by atoms with van der Waals surface area (Å²) in [5.74, 6) is 1.43. The Labute approximate surface area is 226 Å². The average Bonchev–Trinajstić information content (AvgIpc) is 3.34. The number of nitro benzene ring substituents is 1. The van der Waals surface area contributed by atoms with Gasteiger partial charge in [-0.15, -0.1) is 0 Å². The molecule has 4 aromatic carbocycles. The number of cyclic esters (lactones) is 1. The van der Waals surface area contributed by atoms with E-state index in [1.54, 1.807) is 25.1 Å². The number of anilines is 1. The van der Waals surface area contributed by atoms with Gasteiger partial charge in [-0.25, -0.2) is 4.79 Å². The minimum atomic E-state index is -0.590. The number of esters is 1. The van der Waals surface area contributed by atoms with E-state index in [2.05, 4.69) is 4.90 Å². The maximum atomic E-state index is 11.7. The first-order valence-corrected chi connectivity index (χ1v) is 12.7. The number of rotatable bonds is 10. The predicted molar refractivity (Wildman–Crippen MR) is 147 cm³/mol. The molecule has 198 valence electrons. The molecule has 0 N–H and O–H groups in total. The largest absolute Gasteiger partial charge is 0.478 e. The van der Waals surface area contributed by atoms with Gasteiger partial charge in [0.2, 0.25) is 0 Å². The Kier molecular flexibility index (Phi) is 7.73. The molecule has 4 aromatic rings. The lowest BCUT2D eigenvalue weighted by Crippen LogP contribution is -2.23. The van der Waals surface area contributed by atoms with Crippen LogP contribution < -0.4 is 14.4 Å². The number of carbonyl (C=O) groups is 1. The van der Waals surface area contributed by atoms with E-state index in [0.717, 1.165) is 16.8 Å². The van der Waals surface area contributed by atoms with Crippen molar-refractivity contribution in [2.45, 2.75) is 32.5 Å². The molecule has 1 aliphatic heterocycles. The Bertz CT molecular complexity index is 1460. The Balaban J connectivity index is 1.32.